The first-order valence-corrected chi connectivity index (χ1v) is 8.01. The maximum atomic E-state index is 10.6. The highest BCUT2D eigenvalue weighted by Gasteiger charge is 2.33. The molecule has 0 aliphatic heterocycles. The fourth-order valence-electron chi connectivity index (χ4n) is 2.66. The lowest BCUT2D eigenvalue weighted by Crippen LogP contribution is -2.42. The number of hydrogen-bond acceptors (Lipinski definition) is 3. The fraction of sp³-hybridized carbons (Fsp3) is 0.714. The molecule has 18 heavy (non-hydrogen) atoms. The highest BCUT2D eigenvalue weighted by atomic mass is 35.5. The van der Waals surface area contributed by atoms with Crippen molar-refractivity contribution in [3.05, 3.63) is 21.3 Å². The number of hydrogen-bond donors (Lipinski definition) is 2. The summed E-state index contributed by atoms with van der Waals surface area (Å²) in [6.45, 7) is 3.27. The molecule has 1 heterocycles. The summed E-state index contributed by atoms with van der Waals surface area (Å²) in [5.41, 5.74) is -0.515. The molecule has 1 fully saturated rings. The molecule has 1 aromatic heterocycles. The van der Waals surface area contributed by atoms with Gasteiger partial charge in [0.2, 0.25) is 0 Å². The van der Waals surface area contributed by atoms with Gasteiger partial charge in [-0.1, -0.05) is 18.5 Å². The van der Waals surface area contributed by atoms with Crippen LogP contribution in [0, 0.1) is 0 Å². The molecule has 0 bridgehead atoms. The number of rotatable bonds is 5. The topological polar surface area (TPSA) is 32.3 Å². The third-order valence-corrected chi connectivity index (χ3v) is 4.96. The molecule has 2 rings (SSSR count). The van der Waals surface area contributed by atoms with E-state index in [4.69, 9.17) is 11.6 Å². The largest absolute Gasteiger partial charge is 0.390 e. The van der Waals surface area contributed by atoms with Crippen LogP contribution in [-0.4, -0.2) is 23.3 Å². The minimum atomic E-state index is -0.515. The first kappa shape index (κ1) is 14.3. The second-order valence-corrected chi connectivity index (χ2v) is 7.13. The summed E-state index contributed by atoms with van der Waals surface area (Å²) in [6, 6.07) is 4.54. The van der Waals surface area contributed by atoms with Crippen molar-refractivity contribution >= 4 is 22.9 Å². The van der Waals surface area contributed by atoms with Gasteiger partial charge < -0.3 is 10.4 Å². The normalized spacial score (nSPS) is 28.5. The van der Waals surface area contributed by atoms with Gasteiger partial charge in [-0.15, -0.1) is 11.3 Å². The van der Waals surface area contributed by atoms with E-state index in [1.807, 2.05) is 12.1 Å². The van der Waals surface area contributed by atoms with Crippen LogP contribution in [0.3, 0.4) is 0 Å². The van der Waals surface area contributed by atoms with Gasteiger partial charge in [0.25, 0.3) is 0 Å². The summed E-state index contributed by atoms with van der Waals surface area (Å²) in [5, 5.41) is 14.2. The molecule has 2 nitrogen and oxygen atoms in total. The lowest BCUT2D eigenvalue weighted by atomic mass is 9.80. The van der Waals surface area contributed by atoms with Crippen LogP contribution < -0.4 is 5.32 Å². The molecule has 1 aliphatic rings. The van der Waals surface area contributed by atoms with Crippen LogP contribution in [0.25, 0.3) is 0 Å². The van der Waals surface area contributed by atoms with Crippen LogP contribution in [0.15, 0.2) is 12.1 Å². The van der Waals surface area contributed by atoms with Crippen molar-refractivity contribution in [1.82, 2.24) is 5.32 Å². The van der Waals surface area contributed by atoms with E-state index in [2.05, 4.69) is 12.2 Å². The Labute approximate surface area is 118 Å². The maximum Gasteiger partial charge on any atom is 0.0931 e. The molecule has 0 saturated heterocycles. The quantitative estimate of drug-likeness (QED) is 0.867. The Morgan fingerprint density at radius 1 is 1.44 bits per heavy atom. The van der Waals surface area contributed by atoms with E-state index in [0.29, 0.717) is 6.04 Å². The lowest BCUT2D eigenvalue weighted by Gasteiger charge is -2.36. The van der Waals surface area contributed by atoms with Gasteiger partial charge in [-0.05, 0) is 50.8 Å². The van der Waals surface area contributed by atoms with Crippen LogP contribution in [0.2, 0.25) is 4.34 Å². The minimum absolute atomic E-state index is 0.515. The van der Waals surface area contributed by atoms with E-state index >= 15 is 0 Å². The standard InChI is InChI=1S/C14H22ClNOS/c1-2-9-16-11-5-7-14(17,8-6-11)10-12-3-4-13(15)18-12/h3-4,11,16-17H,2,5-10H2,1H3. The molecule has 1 aromatic rings. The van der Waals surface area contributed by atoms with E-state index in [1.54, 1.807) is 11.3 Å². The third kappa shape index (κ3) is 3.95. The Balaban J connectivity index is 1.83. The molecule has 0 aromatic carbocycles. The predicted octanol–water partition coefficient (Wildman–Crippen LogP) is 3.62. The monoisotopic (exact) mass is 287 g/mol. The van der Waals surface area contributed by atoms with Crippen molar-refractivity contribution in [2.45, 2.75) is 57.1 Å². The van der Waals surface area contributed by atoms with Crippen LogP contribution in [0.1, 0.15) is 43.9 Å². The summed E-state index contributed by atoms with van der Waals surface area (Å²) in [4.78, 5) is 1.20. The Morgan fingerprint density at radius 3 is 2.72 bits per heavy atom. The SMILES string of the molecule is CCCNC1CCC(O)(Cc2ccc(Cl)s2)CC1. The lowest BCUT2D eigenvalue weighted by molar-refractivity contribution is -0.00239. The molecule has 0 atom stereocenters. The van der Waals surface area contributed by atoms with Gasteiger partial charge in [0.15, 0.2) is 0 Å². The number of aliphatic hydroxyl groups is 1. The van der Waals surface area contributed by atoms with Gasteiger partial charge in [0.1, 0.15) is 0 Å². The zero-order valence-electron chi connectivity index (χ0n) is 10.9. The molecule has 0 spiro atoms. The van der Waals surface area contributed by atoms with Crippen molar-refractivity contribution in [3.8, 4) is 0 Å². The molecule has 0 radical (unpaired) electrons. The molecule has 4 heteroatoms. The first-order chi connectivity index (χ1) is 8.61. The molecular formula is C14H22ClNOS. The van der Waals surface area contributed by atoms with Crippen molar-refractivity contribution in [1.29, 1.82) is 0 Å². The van der Waals surface area contributed by atoms with Gasteiger partial charge in [0, 0.05) is 17.3 Å². The van der Waals surface area contributed by atoms with Gasteiger partial charge in [-0.2, -0.15) is 0 Å². The van der Waals surface area contributed by atoms with Gasteiger partial charge in [0.05, 0.1) is 9.94 Å². The van der Waals surface area contributed by atoms with Crippen molar-refractivity contribution in [3.63, 3.8) is 0 Å². The van der Waals surface area contributed by atoms with Gasteiger partial charge in [-0.3, -0.25) is 0 Å². The first-order valence-electron chi connectivity index (χ1n) is 6.81. The van der Waals surface area contributed by atoms with E-state index in [-0.39, 0.29) is 0 Å². The van der Waals surface area contributed by atoms with Crippen molar-refractivity contribution in [2.24, 2.45) is 0 Å². The molecule has 102 valence electrons. The summed E-state index contributed by atoms with van der Waals surface area (Å²) in [7, 11) is 0. The maximum absolute atomic E-state index is 10.6. The van der Waals surface area contributed by atoms with E-state index in [1.165, 1.54) is 11.3 Å². The molecule has 1 aliphatic carbocycles. The zero-order chi connectivity index (χ0) is 13.0. The highest BCUT2D eigenvalue weighted by Crippen LogP contribution is 2.34. The molecule has 1 saturated carbocycles. The smallest absolute Gasteiger partial charge is 0.0931 e. The van der Waals surface area contributed by atoms with E-state index < -0.39 is 5.60 Å². The average molecular weight is 288 g/mol. The minimum Gasteiger partial charge on any atom is -0.390 e. The van der Waals surface area contributed by atoms with Crippen LogP contribution in [0.4, 0.5) is 0 Å². The summed E-state index contributed by atoms with van der Waals surface area (Å²) in [6.07, 6.45) is 5.87. The number of nitrogens with one attached hydrogen (secondary N) is 1. The number of thiophene rings is 1. The van der Waals surface area contributed by atoms with E-state index in [9.17, 15) is 5.11 Å². The van der Waals surface area contributed by atoms with Crippen molar-refractivity contribution in [2.75, 3.05) is 6.54 Å². The molecule has 0 unspecified atom stereocenters. The van der Waals surface area contributed by atoms with Crippen LogP contribution >= 0.6 is 22.9 Å². The molecule has 2 N–H and O–H groups in total. The summed E-state index contributed by atoms with van der Waals surface area (Å²) >= 11 is 7.52. The molecule has 0 amide bonds. The summed E-state index contributed by atoms with van der Waals surface area (Å²) in [5.74, 6) is 0. The van der Waals surface area contributed by atoms with Gasteiger partial charge in [-0.25, -0.2) is 0 Å². The van der Waals surface area contributed by atoms with E-state index in [0.717, 1.165) is 43.0 Å². The Hall–Kier alpha value is -0.0900. The van der Waals surface area contributed by atoms with Crippen LogP contribution in [0.5, 0.6) is 0 Å². The third-order valence-electron chi connectivity index (χ3n) is 3.73. The molecular weight excluding hydrogens is 266 g/mol. The highest BCUT2D eigenvalue weighted by molar-refractivity contribution is 7.16. The predicted molar refractivity (Wildman–Crippen MR) is 78.5 cm³/mol. The van der Waals surface area contributed by atoms with Crippen molar-refractivity contribution < 1.29 is 5.11 Å². The van der Waals surface area contributed by atoms with Crippen LogP contribution in [-0.2, 0) is 6.42 Å². The van der Waals surface area contributed by atoms with Gasteiger partial charge >= 0.3 is 0 Å². The zero-order valence-corrected chi connectivity index (χ0v) is 12.5. The second-order valence-electron chi connectivity index (χ2n) is 5.34. The fourth-order valence-corrected chi connectivity index (χ4v) is 3.88. The number of halogens is 1. The Bertz CT molecular complexity index is 372. The Morgan fingerprint density at radius 2 is 2.17 bits per heavy atom. The second kappa shape index (κ2) is 6.38. The Kier molecular flexibility index (Phi) is 5.07. The average Bonchev–Trinajstić information content (AvgIpc) is 2.74. The summed E-state index contributed by atoms with van der Waals surface area (Å²) < 4.78 is 0.812.